The first-order chi connectivity index (χ1) is 4.83. The van der Waals surface area contributed by atoms with Gasteiger partial charge in [0.15, 0.2) is 0 Å². The topological polar surface area (TPSA) is 26.0 Å². The predicted octanol–water partition coefficient (Wildman–Crippen LogP) is 2.94. The van der Waals surface area contributed by atoms with E-state index in [0.29, 0.717) is 0 Å². The van der Waals surface area contributed by atoms with Crippen LogP contribution in [0.2, 0.25) is 0 Å². The summed E-state index contributed by atoms with van der Waals surface area (Å²) < 4.78 is 0. The maximum atomic E-state index is 5.27. The molecule has 64 valence electrons. The summed E-state index contributed by atoms with van der Waals surface area (Å²) in [5, 5.41) is 0. The minimum absolute atomic E-state index is 0.861. The molecule has 0 atom stereocenters. The lowest BCUT2D eigenvalue weighted by Gasteiger charge is -1.90. The summed E-state index contributed by atoms with van der Waals surface area (Å²) in [4.78, 5) is 0. The zero-order valence-corrected chi connectivity index (χ0v) is 7.82. The van der Waals surface area contributed by atoms with Crippen molar-refractivity contribution in [3.8, 4) is 0 Å². The molecule has 0 radical (unpaired) electrons. The SMILES string of the molecule is CCC.CCCCCCN. The molecule has 0 aliphatic carbocycles. The molecule has 0 unspecified atom stereocenters. The van der Waals surface area contributed by atoms with E-state index in [1.54, 1.807) is 0 Å². The van der Waals surface area contributed by atoms with Crippen LogP contribution in [0.15, 0.2) is 0 Å². The molecule has 0 amide bonds. The highest BCUT2D eigenvalue weighted by molar-refractivity contribution is 4.38. The van der Waals surface area contributed by atoms with Crippen molar-refractivity contribution in [1.82, 2.24) is 0 Å². The van der Waals surface area contributed by atoms with Crippen LogP contribution in [0, 0.1) is 0 Å². The van der Waals surface area contributed by atoms with E-state index < -0.39 is 0 Å². The fourth-order valence-corrected chi connectivity index (χ4v) is 0.571. The molecule has 0 saturated carbocycles. The van der Waals surface area contributed by atoms with Gasteiger partial charge in [-0.2, -0.15) is 0 Å². The van der Waals surface area contributed by atoms with Crippen LogP contribution in [-0.2, 0) is 0 Å². The first kappa shape index (κ1) is 12.6. The summed E-state index contributed by atoms with van der Waals surface area (Å²) in [6.45, 7) is 7.32. The van der Waals surface area contributed by atoms with Gasteiger partial charge in [0.05, 0.1) is 0 Å². The molecule has 1 heteroatoms. The number of unbranched alkanes of at least 4 members (excludes halogenated alkanes) is 3. The molecule has 0 aliphatic heterocycles. The van der Waals surface area contributed by atoms with Gasteiger partial charge >= 0.3 is 0 Å². The maximum absolute atomic E-state index is 5.27. The van der Waals surface area contributed by atoms with Crippen molar-refractivity contribution < 1.29 is 0 Å². The minimum atomic E-state index is 0.861. The molecule has 0 fully saturated rings. The first-order valence-corrected chi connectivity index (χ1v) is 4.53. The molecule has 0 spiro atoms. The van der Waals surface area contributed by atoms with Gasteiger partial charge in [-0.25, -0.2) is 0 Å². The Kier molecular flexibility index (Phi) is 20.2. The van der Waals surface area contributed by atoms with Crippen LogP contribution < -0.4 is 5.73 Å². The van der Waals surface area contributed by atoms with E-state index in [0.717, 1.165) is 6.54 Å². The Balaban J connectivity index is 0. The highest BCUT2D eigenvalue weighted by Crippen LogP contribution is 1.95. The van der Waals surface area contributed by atoms with Crippen LogP contribution in [0.25, 0.3) is 0 Å². The van der Waals surface area contributed by atoms with Gasteiger partial charge in [-0.1, -0.05) is 46.5 Å². The van der Waals surface area contributed by atoms with Crippen molar-refractivity contribution in [2.75, 3.05) is 6.54 Å². The summed E-state index contributed by atoms with van der Waals surface area (Å²) in [5.74, 6) is 0. The van der Waals surface area contributed by atoms with E-state index in [1.165, 1.54) is 32.1 Å². The predicted molar refractivity (Wildman–Crippen MR) is 49.2 cm³/mol. The summed E-state index contributed by atoms with van der Waals surface area (Å²) >= 11 is 0. The lowest BCUT2D eigenvalue weighted by molar-refractivity contribution is 0.674. The van der Waals surface area contributed by atoms with Crippen LogP contribution in [-0.4, -0.2) is 6.54 Å². The molecule has 0 aromatic carbocycles. The maximum Gasteiger partial charge on any atom is -0.00773 e. The van der Waals surface area contributed by atoms with E-state index >= 15 is 0 Å². The molecule has 2 N–H and O–H groups in total. The Hall–Kier alpha value is -0.0400. The summed E-state index contributed by atoms with van der Waals surface area (Å²) in [6.07, 6.45) is 6.41. The van der Waals surface area contributed by atoms with Crippen molar-refractivity contribution in [3.63, 3.8) is 0 Å². The molecule has 0 heterocycles. The first-order valence-electron chi connectivity index (χ1n) is 4.53. The summed E-state index contributed by atoms with van der Waals surface area (Å²) in [5.41, 5.74) is 5.27. The van der Waals surface area contributed by atoms with Crippen LogP contribution >= 0.6 is 0 Å². The summed E-state index contributed by atoms with van der Waals surface area (Å²) in [7, 11) is 0. The van der Waals surface area contributed by atoms with Crippen molar-refractivity contribution in [3.05, 3.63) is 0 Å². The van der Waals surface area contributed by atoms with E-state index in [-0.39, 0.29) is 0 Å². The van der Waals surface area contributed by atoms with Gasteiger partial charge in [0.1, 0.15) is 0 Å². The van der Waals surface area contributed by atoms with E-state index in [1.807, 2.05) is 0 Å². The quantitative estimate of drug-likeness (QED) is 0.605. The highest BCUT2D eigenvalue weighted by Gasteiger charge is 1.80. The Morgan fingerprint density at radius 1 is 0.900 bits per heavy atom. The highest BCUT2D eigenvalue weighted by atomic mass is 14.5. The van der Waals surface area contributed by atoms with Crippen LogP contribution in [0.5, 0.6) is 0 Å². The number of hydrogen-bond donors (Lipinski definition) is 1. The van der Waals surface area contributed by atoms with Crippen molar-refractivity contribution in [1.29, 1.82) is 0 Å². The monoisotopic (exact) mass is 145 g/mol. The molecule has 0 aromatic heterocycles. The third kappa shape index (κ3) is 24.6. The van der Waals surface area contributed by atoms with Crippen LogP contribution in [0.4, 0.5) is 0 Å². The molecule has 0 rings (SSSR count). The smallest absolute Gasteiger partial charge is 0.00773 e. The fraction of sp³-hybridized carbons (Fsp3) is 1.00. The number of rotatable bonds is 4. The Morgan fingerprint density at radius 3 is 1.70 bits per heavy atom. The van der Waals surface area contributed by atoms with Gasteiger partial charge in [0.25, 0.3) is 0 Å². The average molecular weight is 145 g/mol. The Morgan fingerprint density at radius 2 is 1.40 bits per heavy atom. The van der Waals surface area contributed by atoms with Crippen LogP contribution in [0.3, 0.4) is 0 Å². The molecule has 0 aliphatic rings. The third-order valence-electron chi connectivity index (χ3n) is 1.06. The second-order valence-electron chi connectivity index (χ2n) is 2.56. The van der Waals surface area contributed by atoms with Gasteiger partial charge in [-0.15, -0.1) is 0 Å². The second kappa shape index (κ2) is 16.0. The van der Waals surface area contributed by atoms with Gasteiger partial charge in [-0.3, -0.25) is 0 Å². The van der Waals surface area contributed by atoms with E-state index in [4.69, 9.17) is 5.73 Å². The fourth-order valence-electron chi connectivity index (χ4n) is 0.571. The standard InChI is InChI=1S/C6H15N.C3H8/c1-2-3-4-5-6-7;1-3-2/h2-7H2,1H3;3H2,1-2H3. The molecular weight excluding hydrogens is 122 g/mol. The Labute approximate surface area is 66.0 Å². The Bertz CT molecular complexity index is 31.7. The molecule has 10 heavy (non-hydrogen) atoms. The molecule has 0 aromatic rings. The van der Waals surface area contributed by atoms with Crippen molar-refractivity contribution >= 4 is 0 Å². The normalized spacial score (nSPS) is 8.40. The molecule has 0 saturated heterocycles. The zero-order valence-electron chi connectivity index (χ0n) is 7.82. The summed E-state index contributed by atoms with van der Waals surface area (Å²) in [6, 6.07) is 0. The average Bonchev–Trinajstić information content (AvgIpc) is 1.91. The third-order valence-corrected chi connectivity index (χ3v) is 1.06. The minimum Gasteiger partial charge on any atom is -0.330 e. The van der Waals surface area contributed by atoms with Gasteiger partial charge in [0.2, 0.25) is 0 Å². The van der Waals surface area contributed by atoms with Crippen LogP contribution in [0.1, 0.15) is 52.9 Å². The van der Waals surface area contributed by atoms with Crippen molar-refractivity contribution in [2.24, 2.45) is 5.73 Å². The largest absolute Gasteiger partial charge is 0.330 e. The van der Waals surface area contributed by atoms with E-state index in [2.05, 4.69) is 20.8 Å². The van der Waals surface area contributed by atoms with Crippen molar-refractivity contribution in [2.45, 2.75) is 52.9 Å². The van der Waals surface area contributed by atoms with Gasteiger partial charge in [-0.05, 0) is 13.0 Å². The molecular formula is C9H23N. The lowest BCUT2D eigenvalue weighted by Crippen LogP contribution is -1.97. The second-order valence-corrected chi connectivity index (χ2v) is 2.56. The van der Waals surface area contributed by atoms with E-state index in [9.17, 15) is 0 Å². The van der Waals surface area contributed by atoms with Gasteiger partial charge < -0.3 is 5.73 Å². The number of hydrogen-bond acceptors (Lipinski definition) is 1. The zero-order chi connectivity index (χ0) is 8.24. The van der Waals surface area contributed by atoms with Gasteiger partial charge in [0, 0.05) is 0 Å². The number of nitrogens with two attached hydrogens (primary N) is 1. The molecule has 1 nitrogen and oxygen atoms in total. The lowest BCUT2D eigenvalue weighted by atomic mass is 10.2. The molecule has 0 bridgehead atoms.